The minimum atomic E-state index is 1.03. The molecule has 1 rings (SSSR count). The topological polar surface area (TPSA) is 37.8 Å². The number of rotatable bonds is 5. The summed E-state index contributed by atoms with van der Waals surface area (Å²) in [6.45, 7) is 6.26. The van der Waals surface area contributed by atoms with E-state index in [1.807, 2.05) is 12.4 Å². The van der Waals surface area contributed by atoms with Gasteiger partial charge in [0.15, 0.2) is 0 Å². The van der Waals surface area contributed by atoms with E-state index in [2.05, 4.69) is 35.2 Å². The molecule has 14 heavy (non-hydrogen) atoms. The average molecular weight is 191 g/mol. The van der Waals surface area contributed by atoms with Crippen molar-refractivity contribution in [3.8, 4) is 0 Å². The molecule has 0 aliphatic carbocycles. The van der Waals surface area contributed by atoms with Gasteiger partial charge in [-0.3, -0.25) is 0 Å². The van der Waals surface area contributed by atoms with Gasteiger partial charge in [-0.25, -0.2) is 9.97 Å². The van der Waals surface area contributed by atoms with Crippen LogP contribution in [0.2, 0.25) is 0 Å². The van der Waals surface area contributed by atoms with Crippen LogP contribution >= 0.6 is 0 Å². The number of hydrogen-bond acceptors (Lipinski definition) is 3. The Morgan fingerprint density at radius 1 is 1.43 bits per heavy atom. The fraction of sp³-hybridized carbons (Fsp3) is 0.455. The van der Waals surface area contributed by atoms with Crippen molar-refractivity contribution < 1.29 is 0 Å². The monoisotopic (exact) mass is 191 g/mol. The van der Waals surface area contributed by atoms with Crippen molar-refractivity contribution in [2.45, 2.75) is 20.3 Å². The zero-order valence-corrected chi connectivity index (χ0v) is 8.83. The van der Waals surface area contributed by atoms with Crippen LogP contribution in [0.1, 0.15) is 25.8 Å². The first kappa shape index (κ1) is 10.9. The highest BCUT2D eigenvalue weighted by molar-refractivity contribution is 5.61. The Bertz CT molecular complexity index is 280. The van der Waals surface area contributed by atoms with Gasteiger partial charge >= 0.3 is 0 Å². The maximum absolute atomic E-state index is 3.98. The number of hydrogen-bond donors (Lipinski definition) is 1. The normalized spacial score (nSPS) is 11.7. The molecule has 0 spiro atoms. The molecule has 0 saturated heterocycles. The van der Waals surface area contributed by atoms with E-state index in [1.165, 1.54) is 5.57 Å². The Labute approximate surface area is 85.3 Å². The summed E-state index contributed by atoms with van der Waals surface area (Å²) in [5.41, 5.74) is 2.34. The van der Waals surface area contributed by atoms with Gasteiger partial charge in [0.2, 0.25) is 0 Å². The summed E-state index contributed by atoms with van der Waals surface area (Å²) in [5, 5.41) is 3.28. The van der Waals surface area contributed by atoms with E-state index in [1.54, 1.807) is 6.33 Å². The summed E-state index contributed by atoms with van der Waals surface area (Å²) in [6, 6.07) is 0. The third kappa shape index (κ3) is 3.66. The minimum Gasteiger partial charge on any atom is -0.317 e. The third-order valence-electron chi connectivity index (χ3n) is 2.04. The largest absolute Gasteiger partial charge is 0.317 e. The van der Waals surface area contributed by atoms with E-state index in [-0.39, 0.29) is 0 Å². The molecule has 1 N–H and O–H groups in total. The zero-order valence-electron chi connectivity index (χ0n) is 8.83. The first-order valence-electron chi connectivity index (χ1n) is 4.97. The van der Waals surface area contributed by atoms with Crippen molar-refractivity contribution >= 4 is 5.57 Å². The lowest BCUT2D eigenvalue weighted by atomic mass is 10.1. The highest BCUT2D eigenvalue weighted by atomic mass is 14.8. The molecular formula is C11H17N3. The first-order valence-corrected chi connectivity index (χ1v) is 4.97. The molecule has 3 nitrogen and oxygen atoms in total. The molecule has 0 aliphatic rings. The third-order valence-corrected chi connectivity index (χ3v) is 2.04. The van der Waals surface area contributed by atoms with Crippen LogP contribution in [0.3, 0.4) is 0 Å². The van der Waals surface area contributed by atoms with Crippen molar-refractivity contribution in [3.05, 3.63) is 30.4 Å². The van der Waals surface area contributed by atoms with E-state index in [9.17, 15) is 0 Å². The average Bonchev–Trinajstić information content (AvgIpc) is 2.25. The van der Waals surface area contributed by atoms with Crippen LogP contribution in [0.5, 0.6) is 0 Å². The van der Waals surface area contributed by atoms with Crippen molar-refractivity contribution in [2.24, 2.45) is 0 Å². The summed E-state index contributed by atoms with van der Waals surface area (Å²) < 4.78 is 0. The molecule has 0 atom stereocenters. The predicted octanol–water partition coefficient (Wildman–Crippen LogP) is 1.88. The van der Waals surface area contributed by atoms with Crippen LogP contribution in [0.15, 0.2) is 24.8 Å². The fourth-order valence-electron chi connectivity index (χ4n) is 1.19. The molecule has 1 heterocycles. The van der Waals surface area contributed by atoms with Crippen LogP contribution in [0, 0.1) is 0 Å². The van der Waals surface area contributed by atoms with Gasteiger partial charge in [-0.05, 0) is 32.0 Å². The molecule has 0 aromatic carbocycles. The maximum Gasteiger partial charge on any atom is 0.115 e. The van der Waals surface area contributed by atoms with Crippen molar-refractivity contribution in [1.82, 2.24) is 15.3 Å². The summed E-state index contributed by atoms with van der Waals surface area (Å²) >= 11 is 0. The highest BCUT2D eigenvalue weighted by Gasteiger charge is 1.93. The molecule has 0 aliphatic heterocycles. The molecule has 0 radical (unpaired) electrons. The summed E-state index contributed by atoms with van der Waals surface area (Å²) in [6.07, 6.45) is 8.49. The van der Waals surface area contributed by atoms with Crippen LogP contribution in [-0.2, 0) is 0 Å². The van der Waals surface area contributed by atoms with Gasteiger partial charge in [0, 0.05) is 18.0 Å². The Morgan fingerprint density at radius 3 is 2.79 bits per heavy atom. The molecule has 3 heteroatoms. The molecule has 0 amide bonds. The second-order valence-electron chi connectivity index (χ2n) is 3.16. The summed E-state index contributed by atoms with van der Waals surface area (Å²) in [4.78, 5) is 7.97. The first-order chi connectivity index (χ1) is 6.84. The van der Waals surface area contributed by atoms with Gasteiger partial charge in [0.1, 0.15) is 6.33 Å². The SMILES string of the molecule is CCNCCC=C(C)c1cncnc1. The van der Waals surface area contributed by atoms with Crippen LogP contribution < -0.4 is 5.32 Å². The van der Waals surface area contributed by atoms with Crippen molar-refractivity contribution in [2.75, 3.05) is 13.1 Å². The Hall–Kier alpha value is -1.22. The van der Waals surface area contributed by atoms with Gasteiger partial charge in [-0.15, -0.1) is 0 Å². The molecule has 76 valence electrons. The van der Waals surface area contributed by atoms with E-state index in [0.717, 1.165) is 25.1 Å². The van der Waals surface area contributed by atoms with Crippen LogP contribution in [-0.4, -0.2) is 23.1 Å². The molecule has 0 saturated carbocycles. The predicted molar refractivity (Wildman–Crippen MR) is 58.8 cm³/mol. The standard InChI is InChI=1S/C11H17N3/c1-3-12-6-4-5-10(2)11-7-13-9-14-8-11/h5,7-9,12H,3-4,6H2,1-2H3. The second-order valence-corrected chi connectivity index (χ2v) is 3.16. The van der Waals surface area contributed by atoms with E-state index in [0.29, 0.717) is 0 Å². The molecule has 0 fully saturated rings. The lowest BCUT2D eigenvalue weighted by Gasteiger charge is -2.00. The van der Waals surface area contributed by atoms with Crippen LogP contribution in [0.4, 0.5) is 0 Å². The molecular weight excluding hydrogens is 174 g/mol. The Morgan fingerprint density at radius 2 is 2.14 bits per heavy atom. The lowest BCUT2D eigenvalue weighted by molar-refractivity contribution is 0.727. The smallest absolute Gasteiger partial charge is 0.115 e. The fourth-order valence-corrected chi connectivity index (χ4v) is 1.19. The highest BCUT2D eigenvalue weighted by Crippen LogP contribution is 2.10. The summed E-state index contributed by atoms with van der Waals surface area (Å²) in [7, 11) is 0. The Kier molecular flexibility index (Phi) is 4.86. The van der Waals surface area contributed by atoms with Crippen LogP contribution in [0.25, 0.3) is 5.57 Å². The van der Waals surface area contributed by atoms with E-state index < -0.39 is 0 Å². The van der Waals surface area contributed by atoms with Crippen molar-refractivity contribution in [3.63, 3.8) is 0 Å². The van der Waals surface area contributed by atoms with Gasteiger partial charge < -0.3 is 5.32 Å². The molecule has 1 aromatic rings. The van der Waals surface area contributed by atoms with Gasteiger partial charge in [-0.2, -0.15) is 0 Å². The zero-order chi connectivity index (χ0) is 10.2. The minimum absolute atomic E-state index is 1.03. The number of nitrogens with zero attached hydrogens (tertiary/aromatic N) is 2. The maximum atomic E-state index is 3.98. The molecule has 1 aromatic heterocycles. The number of aromatic nitrogens is 2. The Balaban J connectivity index is 2.44. The van der Waals surface area contributed by atoms with E-state index in [4.69, 9.17) is 0 Å². The number of nitrogens with one attached hydrogen (secondary N) is 1. The van der Waals surface area contributed by atoms with E-state index >= 15 is 0 Å². The van der Waals surface area contributed by atoms with Gasteiger partial charge in [-0.1, -0.05) is 13.0 Å². The lowest BCUT2D eigenvalue weighted by Crippen LogP contribution is -2.13. The van der Waals surface area contributed by atoms with Gasteiger partial charge in [0.25, 0.3) is 0 Å². The molecule has 0 unspecified atom stereocenters. The summed E-state index contributed by atoms with van der Waals surface area (Å²) in [5.74, 6) is 0. The van der Waals surface area contributed by atoms with Crippen molar-refractivity contribution in [1.29, 1.82) is 0 Å². The number of allylic oxidation sites excluding steroid dienone is 1. The molecule has 0 bridgehead atoms. The van der Waals surface area contributed by atoms with Gasteiger partial charge in [0.05, 0.1) is 0 Å². The second kappa shape index (κ2) is 6.27. The quantitative estimate of drug-likeness (QED) is 0.722.